The van der Waals surface area contributed by atoms with E-state index in [0.717, 1.165) is 37.0 Å². The molecule has 0 saturated heterocycles. The van der Waals surface area contributed by atoms with Crippen molar-refractivity contribution in [1.29, 1.82) is 0 Å². The van der Waals surface area contributed by atoms with Gasteiger partial charge in [-0.2, -0.15) is 0 Å². The zero-order valence-corrected chi connectivity index (χ0v) is 20.5. The van der Waals surface area contributed by atoms with E-state index in [9.17, 15) is 20.1 Å². The molecule has 3 N–H and O–H groups in total. The van der Waals surface area contributed by atoms with E-state index in [1.165, 1.54) is 0 Å². The minimum absolute atomic E-state index is 0.0375. The van der Waals surface area contributed by atoms with Gasteiger partial charge in [0.05, 0.1) is 30.1 Å². The van der Waals surface area contributed by atoms with Crippen LogP contribution in [-0.4, -0.2) is 51.4 Å². The van der Waals surface area contributed by atoms with Crippen molar-refractivity contribution in [3.8, 4) is 0 Å². The van der Waals surface area contributed by atoms with Crippen molar-refractivity contribution in [3.05, 3.63) is 35.8 Å². The number of hydrogen-bond donors (Lipinski definition) is 3. The molecule has 0 radical (unpaired) electrons. The van der Waals surface area contributed by atoms with Gasteiger partial charge in [-0.3, -0.25) is 4.99 Å². The molecular formula is C28H37NO6. The van der Waals surface area contributed by atoms with Crippen LogP contribution in [0.1, 0.15) is 70.5 Å². The van der Waals surface area contributed by atoms with Crippen LogP contribution < -0.4 is 0 Å². The van der Waals surface area contributed by atoms with Gasteiger partial charge in [0.15, 0.2) is 0 Å². The zero-order valence-electron chi connectivity index (χ0n) is 20.5. The minimum atomic E-state index is -1.03. The number of nitrogens with zero attached hydrogens (tertiary/aromatic N) is 1. The van der Waals surface area contributed by atoms with Crippen LogP contribution in [0.3, 0.4) is 0 Å². The lowest BCUT2D eigenvalue weighted by atomic mass is 9.41. The molecule has 6 rings (SSSR count). The Morgan fingerprint density at radius 1 is 1.11 bits per heavy atom. The van der Waals surface area contributed by atoms with E-state index in [-0.39, 0.29) is 29.1 Å². The maximum atomic E-state index is 12.4. The number of carbonyl (C=O) groups excluding carboxylic acids is 1. The first-order valence-corrected chi connectivity index (χ1v) is 13.2. The molecule has 1 aliphatic heterocycles. The SMILES string of the molecule is C[C@]12CC[C@H]3C(CCC4(O)CC(O)CC[C@]34C=NCc3ccco3)C1(O)CCC2C1=CC(=O)OC1. The fourth-order valence-corrected chi connectivity index (χ4v) is 9.06. The van der Waals surface area contributed by atoms with Gasteiger partial charge >= 0.3 is 5.97 Å². The summed E-state index contributed by atoms with van der Waals surface area (Å²) in [6.07, 6.45) is 10.9. The van der Waals surface area contributed by atoms with Crippen LogP contribution in [0.25, 0.3) is 0 Å². The number of aliphatic hydroxyl groups is 3. The molecule has 1 aromatic rings. The highest BCUT2D eigenvalue weighted by molar-refractivity contribution is 5.85. The Morgan fingerprint density at radius 3 is 2.69 bits per heavy atom. The van der Waals surface area contributed by atoms with Gasteiger partial charge in [0, 0.05) is 29.5 Å². The first-order valence-electron chi connectivity index (χ1n) is 13.2. The van der Waals surface area contributed by atoms with Gasteiger partial charge in [-0.15, -0.1) is 0 Å². The molecule has 4 aliphatic carbocycles. The van der Waals surface area contributed by atoms with E-state index in [4.69, 9.17) is 14.1 Å². The molecule has 7 nitrogen and oxygen atoms in total. The summed E-state index contributed by atoms with van der Waals surface area (Å²) in [5.41, 5.74) is -1.79. The van der Waals surface area contributed by atoms with E-state index >= 15 is 0 Å². The highest BCUT2D eigenvalue weighted by Crippen LogP contribution is 2.70. The molecular weight excluding hydrogens is 446 g/mol. The maximum Gasteiger partial charge on any atom is 0.331 e. The van der Waals surface area contributed by atoms with Crippen molar-refractivity contribution >= 4 is 12.2 Å². The van der Waals surface area contributed by atoms with Gasteiger partial charge in [-0.1, -0.05) is 6.92 Å². The molecule has 4 saturated carbocycles. The van der Waals surface area contributed by atoms with Crippen LogP contribution in [0.15, 0.2) is 39.5 Å². The summed E-state index contributed by atoms with van der Waals surface area (Å²) in [5, 5.41) is 35.0. The van der Waals surface area contributed by atoms with Crippen molar-refractivity contribution in [3.63, 3.8) is 0 Å². The monoisotopic (exact) mass is 483 g/mol. The van der Waals surface area contributed by atoms with Crippen molar-refractivity contribution in [2.45, 2.75) is 88.6 Å². The van der Waals surface area contributed by atoms with Crippen LogP contribution in [0.5, 0.6) is 0 Å². The third kappa shape index (κ3) is 3.27. The van der Waals surface area contributed by atoms with Crippen LogP contribution in [0.4, 0.5) is 0 Å². The Balaban J connectivity index is 1.36. The summed E-state index contributed by atoms with van der Waals surface area (Å²) < 4.78 is 10.7. The van der Waals surface area contributed by atoms with Crippen LogP contribution >= 0.6 is 0 Å². The van der Waals surface area contributed by atoms with E-state index in [2.05, 4.69) is 6.92 Å². The quantitative estimate of drug-likeness (QED) is 0.446. The smallest absolute Gasteiger partial charge is 0.331 e. The molecule has 0 spiro atoms. The molecule has 8 atom stereocenters. The molecule has 7 heteroatoms. The average molecular weight is 484 g/mol. The molecule has 190 valence electrons. The van der Waals surface area contributed by atoms with Gasteiger partial charge in [-0.25, -0.2) is 4.79 Å². The number of fused-ring (bicyclic) bond motifs is 5. The highest BCUT2D eigenvalue weighted by atomic mass is 16.5. The van der Waals surface area contributed by atoms with Crippen LogP contribution in [0, 0.1) is 28.6 Å². The first-order chi connectivity index (χ1) is 16.7. The lowest BCUT2D eigenvalue weighted by Crippen LogP contribution is -2.68. The largest absolute Gasteiger partial charge is 0.467 e. The van der Waals surface area contributed by atoms with Crippen molar-refractivity contribution in [2.75, 3.05) is 6.61 Å². The van der Waals surface area contributed by atoms with Crippen molar-refractivity contribution in [1.82, 2.24) is 0 Å². The van der Waals surface area contributed by atoms with Crippen molar-refractivity contribution < 1.29 is 29.3 Å². The fraction of sp³-hybridized carbons (Fsp3) is 0.714. The maximum absolute atomic E-state index is 12.4. The van der Waals surface area contributed by atoms with Gasteiger partial charge in [0.25, 0.3) is 0 Å². The fourth-order valence-electron chi connectivity index (χ4n) is 9.06. The molecule has 0 amide bonds. The highest BCUT2D eigenvalue weighted by Gasteiger charge is 2.71. The molecule has 5 unspecified atom stereocenters. The van der Waals surface area contributed by atoms with Crippen LogP contribution in [0.2, 0.25) is 0 Å². The molecule has 1 aromatic heterocycles. The third-order valence-corrected chi connectivity index (χ3v) is 10.8. The molecule has 5 aliphatic rings. The second-order valence-electron chi connectivity index (χ2n) is 12.1. The Hall–Kier alpha value is -1.96. The Morgan fingerprint density at radius 2 is 1.94 bits per heavy atom. The van der Waals surface area contributed by atoms with Gasteiger partial charge < -0.3 is 24.5 Å². The van der Waals surface area contributed by atoms with E-state index in [0.29, 0.717) is 45.3 Å². The standard InChI is InChI=1S/C28H37NO6/c1-25-8-5-22-23(28(25,33)11-7-21(25)18-13-24(31)35-16-18)6-10-27(32)14-19(30)4-9-26(22,27)17-29-15-20-3-2-12-34-20/h2-3,12-13,17,19,21-23,30,32-33H,4-11,14-16H2,1H3/t19?,21?,22-,23?,25+,26-,27?,28?/m0/s1. The Labute approximate surface area is 206 Å². The van der Waals surface area contributed by atoms with E-state index < -0.39 is 22.7 Å². The second kappa shape index (κ2) is 8.02. The van der Waals surface area contributed by atoms with E-state index in [1.54, 1.807) is 12.3 Å². The summed E-state index contributed by atoms with van der Waals surface area (Å²) in [5.74, 6) is 0.761. The summed E-state index contributed by atoms with van der Waals surface area (Å²) in [6.45, 7) is 2.95. The number of aliphatic imine (C=N–C) groups is 1. The number of cyclic esters (lactones) is 1. The number of ether oxygens (including phenoxy) is 1. The second-order valence-corrected chi connectivity index (χ2v) is 12.1. The molecule has 4 fully saturated rings. The van der Waals surface area contributed by atoms with E-state index in [1.807, 2.05) is 18.3 Å². The number of carbonyl (C=O) groups is 1. The van der Waals surface area contributed by atoms with Crippen molar-refractivity contribution in [2.24, 2.45) is 33.6 Å². The third-order valence-electron chi connectivity index (χ3n) is 10.8. The van der Waals surface area contributed by atoms with Gasteiger partial charge in [-0.05, 0) is 86.8 Å². The number of hydrogen-bond acceptors (Lipinski definition) is 7. The summed E-state index contributed by atoms with van der Waals surface area (Å²) >= 11 is 0. The lowest BCUT2D eigenvalue weighted by Gasteiger charge is -2.65. The van der Waals surface area contributed by atoms with Gasteiger partial charge in [0.2, 0.25) is 0 Å². The van der Waals surface area contributed by atoms with Gasteiger partial charge in [0.1, 0.15) is 12.4 Å². The minimum Gasteiger partial charge on any atom is -0.467 e. The number of aliphatic hydroxyl groups excluding tert-OH is 1. The average Bonchev–Trinajstić information content (AvgIpc) is 3.54. The first kappa shape index (κ1) is 23.4. The summed E-state index contributed by atoms with van der Waals surface area (Å²) in [7, 11) is 0. The number of furan rings is 1. The molecule has 35 heavy (non-hydrogen) atoms. The number of esters is 1. The molecule has 2 heterocycles. The summed E-state index contributed by atoms with van der Waals surface area (Å²) in [6, 6.07) is 3.74. The zero-order chi connectivity index (χ0) is 24.5. The molecule has 0 aromatic carbocycles. The topological polar surface area (TPSA) is 112 Å². The number of rotatable bonds is 4. The molecule has 0 bridgehead atoms. The Bertz CT molecular complexity index is 1050. The van der Waals surface area contributed by atoms with Crippen LogP contribution in [-0.2, 0) is 16.1 Å². The predicted octanol–water partition coefficient (Wildman–Crippen LogP) is 3.56. The summed E-state index contributed by atoms with van der Waals surface area (Å²) in [4.78, 5) is 16.6. The Kier molecular flexibility index (Phi) is 5.37. The predicted molar refractivity (Wildman–Crippen MR) is 128 cm³/mol. The normalized spacial score (nSPS) is 47.2. The lowest BCUT2D eigenvalue weighted by molar-refractivity contribution is -0.237.